The third-order valence-electron chi connectivity index (χ3n) is 5.76. The van der Waals surface area contributed by atoms with Gasteiger partial charge < -0.3 is 9.47 Å². The fourth-order valence-electron chi connectivity index (χ4n) is 4.50. The molecule has 9 nitrogen and oxygen atoms in total. The van der Waals surface area contributed by atoms with Gasteiger partial charge in [-0.3, -0.25) is 9.47 Å². The summed E-state index contributed by atoms with van der Waals surface area (Å²) in [7, 11) is 1.63. The molecule has 0 amide bonds. The van der Waals surface area contributed by atoms with Crippen molar-refractivity contribution in [2.24, 2.45) is 0 Å². The molecule has 4 aromatic rings. The van der Waals surface area contributed by atoms with Gasteiger partial charge in [-0.1, -0.05) is 12.1 Å². The Morgan fingerprint density at radius 2 is 1.88 bits per heavy atom. The number of pyridine rings is 1. The molecule has 2 unspecified atom stereocenters. The molecule has 1 aromatic carbocycles. The molecule has 2 atom stereocenters. The Morgan fingerprint density at radius 1 is 1.06 bits per heavy atom. The molecule has 1 aliphatic heterocycles. The first-order chi connectivity index (χ1) is 15.5. The second-order valence-corrected chi connectivity index (χ2v) is 8.38. The van der Waals surface area contributed by atoms with Gasteiger partial charge in [0.15, 0.2) is 5.65 Å². The van der Waals surface area contributed by atoms with E-state index in [0.29, 0.717) is 17.8 Å². The summed E-state index contributed by atoms with van der Waals surface area (Å²) in [5.41, 5.74) is 2.84. The number of rotatable bonds is 5. The molecule has 1 saturated heterocycles. The summed E-state index contributed by atoms with van der Waals surface area (Å²) in [5, 5.41) is 4.97. The minimum Gasteiger partial charge on any atom is -0.497 e. The first kappa shape index (κ1) is 20.6. The van der Waals surface area contributed by atoms with Gasteiger partial charge in [0, 0.05) is 25.8 Å². The second kappa shape index (κ2) is 8.33. The van der Waals surface area contributed by atoms with E-state index in [2.05, 4.69) is 34.9 Å². The third-order valence-corrected chi connectivity index (χ3v) is 5.76. The summed E-state index contributed by atoms with van der Waals surface area (Å²) in [6.45, 7) is 7.05. The number of hydrogen-bond donors (Lipinski definition) is 0. The summed E-state index contributed by atoms with van der Waals surface area (Å²) in [6, 6.07) is 9.73. The monoisotopic (exact) mass is 434 g/mol. The fraction of sp³-hybridized carbons (Fsp3) is 0.391. The van der Waals surface area contributed by atoms with Crippen molar-refractivity contribution in [1.82, 2.24) is 29.0 Å². The number of benzene rings is 1. The highest BCUT2D eigenvalue weighted by atomic mass is 16.5. The quantitative estimate of drug-likeness (QED) is 0.475. The van der Waals surface area contributed by atoms with E-state index >= 15 is 0 Å². The van der Waals surface area contributed by atoms with Crippen molar-refractivity contribution < 1.29 is 9.47 Å². The lowest BCUT2D eigenvalue weighted by molar-refractivity contribution is -0.0705. The highest BCUT2D eigenvalue weighted by Crippen LogP contribution is 2.21. The van der Waals surface area contributed by atoms with Gasteiger partial charge in [0.25, 0.3) is 0 Å². The van der Waals surface area contributed by atoms with Crippen molar-refractivity contribution in [2.75, 3.05) is 20.2 Å². The first-order valence-corrected chi connectivity index (χ1v) is 10.7. The number of fused-ring (bicyclic) bond motifs is 3. The lowest BCUT2D eigenvalue weighted by Crippen LogP contribution is -2.44. The van der Waals surface area contributed by atoms with E-state index in [9.17, 15) is 4.79 Å². The molecule has 1 fully saturated rings. The minimum absolute atomic E-state index is 0.198. The number of hydrogen-bond acceptors (Lipinski definition) is 7. The Morgan fingerprint density at radius 3 is 2.66 bits per heavy atom. The second-order valence-electron chi connectivity index (χ2n) is 8.38. The van der Waals surface area contributed by atoms with E-state index in [1.165, 1.54) is 10.8 Å². The fourth-order valence-corrected chi connectivity index (χ4v) is 4.50. The zero-order chi connectivity index (χ0) is 22.2. The van der Waals surface area contributed by atoms with E-state index in [1.807, 2.05) is 30.5 Å². The molecule has 5 rings (SSSR count). The summed E-state index contributed by atoms with van der Waals surface area (Å²) >= 11 is 0. The molecule has 9 heteroatoms. The number of nitrogens with zero attached hydrogens (tertiary/aromatic N) is 6. The van der Waals surface area contributed by atoms with Crippen LogP contribution in [0.2, 0.25) is 0 Å². The van der Waals surface area contributed by atoms with E-state index in [-0.39, 0.29) is 17.9 Å². The normalized spacial score (nSPS) is 19.6. The van der Waals surface area contributed by atoms with Crippen LogP contribution in [-0.4, -0.2) is 61.5 Å². The predicted octanol–water partition coefficient (Wildman–Crippen LogP) is 2.11. The van der Waals surface area contributed by atoms with Crippen LogP contribution >= 0.6 is 0 Å². The summed E-state index contributed by atoms with van der Waals surface area (Å²) in [5.74, 6) is 0.742. The molecule has 32 heavy (non-hydrogen) atoms. The van der Waals surface area contributed by atoms with Crippen molar-refractivity contribution in [1.29, 1.82) is 0 Å². The maximum Gasteiger partial charge on any atom is 0.352 e. The molecule has 1 aliphatic rings. The van der Waals surface area contributed by atoms with Crippen LogP contribution in [0.1, 0.15) is 25.0 Å². The van der Waals surface area contributed by atoms with Crippen LogP contribution in [-0.2, 0) is 17.8 Å². The third kappa shape index (κ3) is 3.85. The molecule has 4 heterocycles. The van der Waals surface area contributed by atoms with Gasteiger partial charge in [0.1, 0.15) is 17.7 Å². The van der Waals surface area contributed by atoms with Crippen LogP contribution in [0.5, 0.6) is 5.75 Å². The Balaban J connectivity index is 1.57. The van der Waals surface area contributed by atoms with Crippen LogP contribution in [0.4, 0.5) is 0 Å². The number of morpholine rings is 1. The standard InChI is InChI=1S/C23H26N6O3/c1-15-10-27(11-16(2)32-15)12-18-8-20-21(24-9-18)28(23(30)29-22(20)25-14-26-29)13-17-5-4-6-19(7-17)31-3/h4-9,14-16H,10-13H2,1-3H3. The van der Waals surface area contributed by atoms with Gasteiger partial charge in [-0.25, -0.2) is 14.8 Å². The number of methoxy groups -OCH3 is 1. The SMILES string of the molecule is COc1cccc(Cn2c(=O)n3ncnc3c3cc(CN4CC(C)OC(C)C4)cnc32)c1. The van der Waals surface area contributed by atoms with Crippen molar-refractivity contribution in [3.05, 3.63) is 64.5 Å². The van der Waals surface area contributed by atoms with Gasteiger partial charge in [0.2, 0.25) is 0 Å². The summed E-state index contributed by atoms with van der Waals surface area (Å²) in [4.78, 5) is 24.6. The predicted molar refractivity (Wildman–Crippen MR) is 120 cm³/mol. The molecular weight excluding hydrogens is 408 g/mol. The zero-order valence-electron chi connectivity index (χ0n) is 18.4. The van der Waals surface area contributed by atoms with Crippen molar-refractivity contribution in [2.45, 2.75) is 39.1 Å². The summed E-state index contributed by atoms with van der Waals surface area (Å²) in [6.07, 6.45) is 3.65. The minimum atomic E-state index is -0.274. The average molecular weight is 435 g/mol. The van der Waals surface area contributed by atoms with Crippen molar-refractivity contribution in [3.63, 3.8) is 0 Å². The van der Waals surface area contributed by atoms with E-state index in [0.717, 1.165) is 41.9 Å². The van der Waals surface area contributed by atoms with Crippen LogP contribution < -0.4 is 10.4 Å². The van der Waals surface area contributed by atoms with Crippen LogP contribution in [0.25, 0.3) is 16.7 Å². The first-order valence-electron chi connectivity index (χ1n) is 10.7. The van der Waals surface area contributed by atoms with E-state index in [4.69, 9.17) is 14.5 Å². The highest BCUT2D eigenvalue weighted by Gasteiger charge is 2.23. The van der Waals surface area contributed by atoms with E-state index in [1.54, 1.807) is 11.7 Å². The van der Waals surface area contributed by atoms with Crippen LogP contribution in [0.3, 0.4) is 0 Å². The average Bonchev–Trinajstić information content (AvgIpc) is 3.27. The molecular formula is C23H26N6O3. The van der Waals surface area contributed by atoms with Gasteiger partial charge >= 0.3 is 5.69 Å². The molecule has 0 radical (unpaired) electrons. The maximum absolute atomic E-state index is 13.2. The topological polar surface area (TPSA) is 86.8 Å². The lowest BCUT2D eigenvalue weighted by atomic mass is 10.1. The molecule has 0 aliphatic carbocycles. The molecule has 0 bridgehead atoms. The number of aromatic nitrogens is 5. The van der Waals surface area contributed by atoms with Gasteiger partial charge in [0.05, 0.1) is 31.2 Å². The van der Waals surface area contributed by atoms with Crippen molar-refractivity contribution in [3.8, 4) is 5.75 Å². The van der Waals surface area contributed by atoms with Gasteiger partial charge in [-0.15, -0.1) is 0 Å². The van der Waals surface area contributed by atoms with Gasteiger partial charge in [-0.2, -0.15) is 9.61 Å². The molecule has 3 aromatic heterocycles. The molecule has 0 spiro atoms. The molecule has 166 valence electrons. The largest absolute Gasteiger partial charge is 0.497 e. The molecule has 0 N–H and O–H groups in total. The van der Waals surface area contributed by atoms with E-state index < -0.39 is 0 Å². The van der Waals surface area contributed by atoms with Crippen molar-refractivity contribution >= 4 is 16.7 Å². The molecule has 0 saturated carbocycles. The zero-order valence-corrected chi connectivity index (χ0v) is 18.4. The van der Waals surface area contributed by atoms with Crippen LogP contribution in [0.15, 0.2) is 47.7 Å². The Kier molecular flexibility index (Phi) is 5.36. The van der Waals surface area contributed by atoms with Gasteiger partial charge in [-0.05, 0) is 43.2 Å². The lowest BCUT2D eigenvalue weighted by Gasteiger charge is -2.35. The summed E-state index contributed by atoms with van der Waals surface area (Å²) < 4.78 is 14.1. The Bertz CT molecular complexity index is 1320. The smallest absolute Gasteiger partial charge is 0.352 e. The van der Waals surface area contributed by atoms with Crippen LogP contribution in [0, 0.1) is 0 Å². The number of ether oxygens (including phenoxy) is 2. The maximum atomic E-state index is 13.2. The highest BCUT2D eigenvalue weighted by molar-refractivity contribution is 5.89. The Labute approximate surface area is 185 Å². The Hall–Kier alpha value is -3.30.